The average Bonchev–Trinajstić information content (AvgIpc) is 2.64. The zero-order valence-corrected chi connectivity index (χ0v) is 21.0. The van der Waals surface area contributed by atoms with Crippen molar-refractivity contribution in [1.29, 1.82) is 0 Å². The molecule has 0 aromatic rings. The quantitative estimate of drug-likeness (QED) is 0.157. The highest BCUT2D eigenvalue weighted by atomic mass is 32.2. The lowest BCUT2D eigenvalue weighted by Gasteiger charge is -2.35. The Morgan fingerprint density at radius 2 is 1.30 bits per heavy atom. The lowest BCUT2D eigenvalue weighted by atomic mass is 9.87. The van der Waals surface area contributed by atoms with Crippen molar-refractivity contribution in [3.63, 3.8) is 0 Å². The normalized spacial score (nSPS) is 19.5. The Labute approximate surface area is 186 Å². The third kappa shape index (κ3) is 12.9. The standard InChI is InChI=1S/C24H48NO4S/c1-5-6-7-8-9-10-11-13-17-22-23(29-24(22)26)18-14-12-15-20-30(27,28)21-16-19-25(2,3)4/h22-23H,5-21H2,1-4H3/q+1/t22-,23-/m1/s1. The zero-order chi connectivity index (χ0) is 22.5. The van der Waals surface area contributed by atoms with Gasteiger partial charge >= 0.3 is 5.97 Å². The number of cyclic esters (lactones) is 1. The van der Waals surface area contributed by atoms with Crippen LogP contribution in [0, 0.1) is 5.92 Å². The Hall–Kier alpha value is -0.620. The number of quaternary nitrogens is 1. The number of carbonyl (C=O) groups excluding carboxylic acids is 1. The molecule has 1 saturated heterocycles. The maximum atomic E-state index is 12.1. The number of carbonyl (C=O) groups is 1. The van der Waals surface area contributed by atoms with Crippen LogP contribution in [0.25, 0.3) is 0 Å². The Morgan fingerprint density at radius 1 is 0.767 bits per heavy atom. The van der Waals surface area contributed by atoms with Crippen LogP contribution < -0.4 is 0 Å². The third-order valence-corrected chi connectivity index (χ3v) is 7.94. The molecule has 1 aliphatic rings. The maximum absolute atomic E-state index is 12.1. The summed E-state index contributed by atoms with van der Waals surface area (Å²) in [5, 5.41) is 0. The van der Waals surface area contributed by atoms with E-state index in [4.69, 9.17) is 4.74 Å². The third-order valence-electron chi connectivity index (χ3n) is 6.12. The summed E-state index contributed by atoms with van der Waals surface area (Å²) in [6.07, 6.45) is 15.5. The molecule has 1 fully saturated rings. The second-order valence-electron chi connectivity index (χ2n) is 10.2. The van der Waals surface area contributed by atoms with Gasteiger partial charge in [0.15, 0.2) is 9.84 Å². The van der Waals surface area contributed by atoms with Crippen LogP contribution in [0.15, 0.2) is 0 Å². The number of nitrogens with zero attached hydrogens (tertiary/aromatic N) is 1. The van der Waals surface area contributed by atoms with Crippen molar-refractivity contribution in [2.24, 2.45) is 5.92 Å². The molecule has 1 aliphatic heterocycles. The van der Waals surface area contributed by atoms with Gasteiger partial charge in [0.05, 0.1) is 45.1 Å². The van der Waals surface area contributed by atoms with Crippen LogP contribution in [0.2, 0.25) is 0 Å². The van der Waals surface area contributed by atoms with Crippen molar-refractivity contribution in [1.82, 2.24) is 0 Å². The highest BCUT2D eigenvalue weighted by molar-refractivity contribution is 7.91. The van der Waals surface area contributed by atoms with Crippen LogP contribution in [0.5, 0.6) is 0 Å². The van der Waals surface area contributed by atoms with Gasteiger partial charge < -0.3 is 9.22 Å². The van der Waals surface area contributed by atoms with E-state index in [-0.39, 0.29) is 23.7 Å². The molecule has 1 rings (SSSR count). The number of unbranched alkanes of at least 4 members (excludes halogenated alkanes) is 9. The zero-order valence-electron chi connectivity index (χ0n) is 20.2. The van der Waals surface area contributed by atoms with Gasteiger partial charge in [-0.05, 0) is 25.7 Å². The van der Waals surface area contributed by atoms with Gasteiger partial charge in [0.2, 0.25) is 0 Å². The van der Waals surface area contributed by atoms with Crippen LogP contribution in [0.4, 0.5) is 0 Å². The van der Waals surface area contributed by atoms with Gasteiger partial charge in [0, 0.05) is 6.42 Å². The minimum Gasteiger partial charge on any atom is -0.461 e. The summed E-state index contributed by atoms with van der Waals surface area (Å²) in [6, 6.07) is 0. The Morgan fingerprint density at radius 3 is 1.90 bits per heavy atom. The van der Waals surface area contributed by atoms with Crippen LogP contribution >= 0.6 is 0 Å². The number of hydrogen-bond acceptors (Lipinski definition) is 4. The predicted octanol–water partition coefficient (Wildman–Crippen LogP) is 5.13. The molecule has 0 aromatic heterocycles. The van der Waals surface area contributed by atoms with Gasteiger partial charge in [-0.25, -0.2) is 8.42 Å². The Balaban J connectivity index is 2.06. The van der Waals surface area contributed by atoms with Gasteiger partial charge in [-0.2, -0.15) is 0 Å². The van der Waals surface area contributed by atoms with Crippen molar-refractivity contribution in [3.05, 3.63) is 0 Å². The second-order valence-corrected chi connectivity index (χ2v) is 12.5. The molecule has 0 aromatic carbocycles. The minimum atomic E-state index is -2.94. The molecule has 0 N–H and O–H groups in total. The highest BCUT2D eigenvalue weighted by Crippen LogP contribution is 2.31. The van der Waals surface area contributed by atoms with E-state index in [0.29, 0.717) is 5.75 Å². The van der Waals surface area contributed by atoms with Gasteiger partial charge in [0.1, 0.15) is 6.10 Å². The van der Waals surface area contributed by atoms with E-state index in [1.54, 1.807) is 0 Å². The molecule has 6 heteroatoms. The fraction of sp³-hybridized carbons (Fsp3) is 0.958. The van der Waals surface area contributed by atoms with Crippen molar-refractivity contribution >= 4 is 15.8 Å². The first-order valence-corrected chi connectivity index (χ1v) is 14.2. The molecule has 5 nitrogen and oxygen atoms in total. The molecule has 0 bridgehead atoms. The van der Waals surface area contributed by atoms with Crippen LogP contribution in [-0.2, 0) is 19.4 Å². The fourth-order valence-corrected chi connectivity index (χ4v) is 5.58. The molecule has 178 valence electrons. The van der Waals surface area contributed by atoms with E-state index in [9.17, 15) is 13.2 Å². The Kier molecular flexibility index (Phi) is 13.2. The summed E-state index contributed by atoms with van der Waals surface area (Å²) in [5.41, 5.74) is 0. The number of sulfone groups is 1. The number of hydrogen-bond donors (Lipinski definition) is 0. The first-order chi connectivity index (χ1) is 14.1. The maximum Gasteiger partial charge on any atom is 0.313 e. The molecule has 0 aliphatic carbocycles. The van der Waals surface area contributed by atoms with Crippen molar-refractivity contribution in [3.8, 4) is 0 Å². The van der Waals surface area contributed by atoms with E-state index in [2.05, 4.69) is 28.1 Å². The van der Waals surface area contributed by atoms with Crippen LogP contribution in [0.1, 0.15) is 96.8 Å². The first kappa shape index (κ1) is 27.4. The van der Waals surface area contributed by atoms with Crippen LogP contribution in [-0.4, -0.2) is 64.2 Å². The molecular weight excluding hydrogens is 398 g/mol. The van der Waals surface area contributed by atoms with Crippen LogP contribution in [0.3, 0.4) is 0 Å². The molecule has 0 unspecified atom stereocenters. The largest absolute Gasteiger partial charge is 0.461 e. The number of rotatable bonds is 19. The monoisotopic (exact) mass is 446 g/mol. The van der Waals surface area contributed by atoms with E-state index in [1.807, 2.05) is 0 Å². The highest BCUT2D eigenvalue weighted by Gasteiger charge is 2.40. The summed E-state index contributed by atoms with van der Waals surface area (Å²) >= 11 is 0. The molecule has 0 saturated carbocycles. The summed E-state index contributed by atoms with van der Waals surface area (Å²) in [4.78, 5) is 11.8. The number of esters is 1. The van der Waals surface area contributed by atoms with E-state index < -0.39 is 9.84 Å². The number of ether oxygens (including phenoxy) is 1. The summed E-state index contributed by atoms with van der Waals surface area (Å²) in [5.74, 6) is 0.645. The molecule has 2 atom stereocenters. The van der Waals surface area contributed by atoms with Gasteiger partial charge in [0.25, 0.3) is 0 Å². The van der Waals surface area contributed by atoms with E-state index >= 15 is 0 Å². The second kappa shape index (κ2) is 14.4. The molecule has 0 spiro atoms. The van der Waals surface area contributed by atoms with Crippen molar-refractivity contribution < 1.29 is 22.4 Å². The predicted molar refractivity (Wildman–Crippen MR) is 125 cm³/mol. The van der Waals surface area contributed by atoms with E-state index in [0.717, 1.165) is 56.0 Å². The topological polar surface area (TPSA) is 60.4 Å². The van der Waals surface area contributed by atoms with Gasteiger partial charge in [-0.15, -0.1) is 0 Å². The molecular formula is C24H48NO4S+. The average molecular weight is 447 g/mol. The first-order valence-electron chi connectivity index (χ1n) is 12.4. The van der Waals surface area contributed by atoms with Crippen molar-refractivity contribution in [2.75, 3.05) is 39.2 Å². The van der Waals surface area contributed by atoms with Crippen molar-refractivity contribution in [2.45, 2.75) is 103 Å². The SMILES string of the molecule is CCCCCCCCCC[C@H]1C(=O)O[C@@H]1CCCCCS(=O)(=O)CCC[N+](C)(C)C. The van der Waals surface area contributed by atoms with Gasteiger partial charge in [-0.1, -0.05) is 64.7 Å². The lowest BCUT2D eigenvalue weighted by Crippen LogP contribution is -2.44. The molecule has 0 radical (unpaired) electrons. The molecule has 1 heterocycles. The van der Waals surface area contributed by atoms with Gasteiger partial charge in [-0.3, -0.25) is 4.79 Å². The minimum absolute atomic E-state index is 0.0252. The summed E-state index contributed by atoms with van der Waals surface area (Å²) in [6.45, 7) is 3.12. The molecule has 30 heavy (non-hydrogen) atoms. The van der Waals surface area contributed by atoms with E-state index in [1.165, 1.54) is 44.9 Å². The summed E-state index contributed by atoms with van der Waals surface area (Å²) in [7, 11) is 3.32. The smallest absolute Gasteiger partial charge is 0.313 e. The summed E-state index contributed by atoms with van der Waals surface area (Å²) < 4.78 is 30.4. The molecule has 0 amide bonds. The Bertz CT molecular complexity index is 568. The lowest BCUT2D eigenvalue weighted by molar-refractivity contribution is -0.870. The fourth-order valence-electron chi connectivity index (χ4n) is 4.17.